The highest BCUT2D eigenvalue weighted by Crippen LogP contribution is 2.27. The normalized spacial score (nSPS) is 10.5. The first kappa shape index (κ1) is 17.0. The van der Waals surface area contributed by atoms with Gasteiger partial charge in [0.25, 0.3) is 5.91 Å². The number of aryl methyl sites for hydroxylation is 1. The molecule has 0 atom stereocenters. The number of anilines is 1. The molecule has 0 bridgehead atoms. The number of aromatic nitrogens is 2. The van der Waals surface area contributed by atoms with Crippen molar-refractivity contribution in [2.24, 2.45) is 7.05 Å². The molecule has 0 aliphatic carbocycles. The topological polar surface area (TPSA) is 56.1 Å². The fourth-order valence-electron chi connectivity index (χ4n) is 2.17. The quantitative estimate of drug-likeness (QED) is 0.751. The molecule has 25 heavy (non-hydrogen) atoms. The Bertz CT molecular complexity index is 894. The van der Waals surface area contributed by atoms with Crippen LogP contribution in [0.2, 0.25) is 0 Å². The van der Waals surface area contributed by atoms with Gasteiger partial charge >= 0.3 is 0 Å². The van der Waals surface area contributed by atoms with Crippen molar-refractivity contribution in [2.75, 3.05) is 12.4 Å². The minimum atomic E-state index is -0.626. The van der Waals surface area contributed by atoms with Crippen LogP contribution in [0.15, 0.2) is 64.9 Å². The van der Waals surface area contributed by atoms with E-state index in [1.165, 1.54) is 31.0 Å². The third-order valence-electron chi connectivity index (χ3n) is 3.52. The summed E-state index contributed by atoms with van der Waals surface area (Å²) in [5, 5.41) is 3.56. The van der Waals surface area contributed by atoms with Crippen molar-refractivity contribution in [3.8, 4) is 5.75 Å². The molecular weight excluding hydrogens is 341 g/mol. The van der Waals surface area contributed by atoms with Gasteiger partial charge in [-0.15, -0.1) is 0 Å². The van der Waals surface area contributed by atoms with Gasteiger partial charge < -0.3 is 14.6 Å². The fraction of sp³-hybridized carbons (Fsp3) is 0.111. The lowest BCUT2D eigenvalue weighted by Crippen LogP contribution is -2.13. The summed E-state index contributed by atoms with van der Waals surface area (Å²) in [6.45, 7) is 0. The number of imidazole rings is 1. The molecule has 1 N–H and O–H groups in total. The van der Waals surface area contributed by atoms with Gasteiger partial charge in [0.05, 0.1) is 12.7 Å². The predicted octanol–water partition coefficient (Wildman–Crippen LogP) is 3.97. The summed E-state index contributed by atoms with van der Waals surface area (Å²) in [5.41, 5.74) is 0.552. The maximum atomic E-state index is 14.0. The number of ether oxygens (including phenoxy) is 1. The maximum absolute atomic E-state index is 14.0. The highest BCUT2D eigenvalue weighted by atomic mass is 32.2. The molecule has 3 rings (SSSR count). The van der Waals surface area contributed by atoms with Crippen LogP contribution < -0.4 is 10.1 Å². The number of amides is 1. The average Bonchev–Trinajstić information content (AvgIpc) is 3.01. The van der Waals surface area contributed by atoms with Gasteiger partial charge in [-0.05, 0) is 36.4 Å². The Hall–Kier alpha value is -2.80. The van der Waals surface area contributed by atoms with Crippen molar-refractivity contribution in [1.82, 2.24) is 9.55 Å². The second kappa shape index (κ2) is 7.40. The molecule has 0 saturated carbocycles. The number of hydrogen-bond donors (Lipinski definition) is 1. The molecule has 0 spiro atoms. The Morgan fingerprint density at radius 1 is 1.24 bits per heavy atom. The zero-order valence-electron chi connectivity index (χ0n) is 13.7. The lowest BCUT2D eigenvalue weighted by molar-refractivity contribution is 0.102. The Morgan fingerprint density at radius 2 is 2.00 bits per heavy atom. The standard InChI is InChI=1S/C18H16FN3O2S/c1-22-10-9-20-18(22)25-14-6-3-12(4-7-14)21-17(23)15-8-5-13(24-2)11-16(15)19/h3-11H,1-2H3,(H,21,23). The van der Waals surface area contributed by atoms with Crippen molar-refractivity contribution in [2.45, 2.75) is 10.1 Å². The van der Waals surface area contributed by atoms with Crippen LogP contribution in [-0.2, 0) is 7.05 Å². The van der Waals surface area contributed by atoms with Crippen LogP contribution in [0.4, 0.5) is 10.1 Å². The van der Waals surface area contributed by atoms with Crippen LogP contribution in [0, 0.1) is 5.82 Å². The van der Waals surface area contributed by atoms with Crippen LogP contribution in [0.25, 0.3) is 0 Å². The lowest BCUT2D eigenvalue weighted by atomic mass is 10.2. The molecule has 1 aromatic heterocycles. The van der Waals surface area contributed by atoms with Crippen LogP contribution in [0.1, 0.15) is 10.4 Å². The molecule has 0 aliphatic rings. The number of benzene rings is 2. The molecule has 3 aromatic rings. The second-order valence-electron chi connectivity index (χ2n) is 5.25. The largest absolute Gasteiger partial charge is 0.497 e. The molecule has 1 amide bonds. The first-order valence-electron chi connectivity index (χ1n) is 7.47. The number of nitrogens with zero attached hydrogens (tertiary/aromatic N) is 2. The van der Waals surface area contributed by atoms with Gasteiger partial charge in [0.1, 0.15) is 11.6 Å². The fourth-order valence-corrected chi connectivity index (χ4v) is 2.97. The van der Waals surface area contributed by atoms with E-state index in [-0.39, 0.29) is 5.56 Å². The van der Waals surface area contributed by atoms with Crippen LogP contribution in [0.5, 0.6) is 5.75 Å². The Balaban J connectivity index is 1.69. The van der Waals surface area contributed by atoms with Crippen molar-refractivity contribution in [3.63, 3.8) is 0 Å². The molecule has 0 fully saturated rings. The van der Waals surface area contributed by atoms with E-state index in [9.17, 15) is 9.18 Å². The van der Waals surface area contributed by atoms with E-state index in [4.69, 9.17) is 4.74 Å². The zero-order valence-corrected chi connectivity index (χ0v) is 14.5. The Morgan fingerprint density at radius 3 is 2.60 bits per heavy atom. The monoisotopic (exact) mass is 357 g/mol. The molecule has 128 valence electrons. The lowest BCUT2D eigenvalue weighted by Gasteiger charge is -2.08. The third-order valence-corrected chi connectivity index (χ3v) is 4.60. The first-order valence-corrected chi connectivity index (χ1v) is 8.28. The van der Waals surface area contributed by atoms with E-state index in [0.717, 1.165) is 10.1 Å². The summed E-state index contributed by atoms with van der Waals surface area (Å²) in [6.07, 6.45) is 3.61. The smallest absolute Gasteiger partial charge is 0.258 e. The summed E-state index contributed by atoms with van der Waals surface area (Å²) in [5.74, 6) is -0.770. The van der Waals surface area contributed by atoms with Gasteiger partial charge in [-0.3, -0.25) is 4.79 Å². The Labute approximate surface area is 148 Å². The molecular formula is C18H16FN3O2S. The number of hydrogen-bond acceptors (Lipinski definition) is 4. The van der Waals surface area contributed by atoms with Gasteiger partial charge in [-0.1, -0.05) is 11.8 Å². The van der Waals surface area contributed by atoms with E-state index in [1.54, 1.807) is 24.4 Å². The van der Waals surface area contributed by atoms with Crippen molar-refractivity contribution >= 4 is 23.4 Å². The molecule has 0 aliphatic heterocycles. The number of methoxy groups -OCH3 is 1. The third kappa shape index (κ3) is 4.00. The average molecular weight is 357 g/mol. The van der Waals surface area contributed by atoms with E-state index < -0.39 is 11.7 Å². The summed E-state index contributed by atoms with van der Waals surface area (Å²) < 4.78 is 20.8. The molecule has 2 aromatic carbocycles. The van der Waals surface area contributed by atoms with Crippen molar-refractivity contribution < 1.29 is 13.9 Å². The maximum Gasteiger partial charge on any atom is 0.258 e. The van der Waals surface area contributed by atoms with E-state index in [0.29, 0.717) is 11.4 Å². The van der Waals surface area contributed by atoms with E-state index in [2.05, 4.69) is 10.3 Å². The van der Waals surface area contributed by atoms with Gasteiger partial charge in [0.15, 0.2) is 5.16 Å². The number of nitrogens with one attached hydrogen (secondary N) is 1. The van der Waals surface area contributed by atoms with Gasteiger partial charge in [0, 0.05) is 36.1 Å². The second-order valence-corrected chi connectivity index (χ2v) is 6.29. The predicted molar refractivity (Wildman–Crippen MR) is 94.7 cm³/mol. The highest BCUT2D eigenvalue weighted by molar-refractivity contribution is 7.99. The van der Waals surface area contributed by atoms with Crippen LogP contribution in [0.3, 0.4) is 0 Å². The molecule has 5 nitrogen and oxygen atoms in total. The molecule has 0 saturated heterocycles. The van der Waals surface area contributed by atoms with Crippen molar-refractivity contribution in [3.05, 3.63) is 66.2 Å². The van der Waals surface area contributed by atoms with Crippen LogP contribution in [-0.4, -0.2) is 22.6 Å². The molecule has 1 heterocycles. The summed E-state index contributed by atoms with van der Waals surface area (Å²) in [7, 11) is 3.37. The number of carbonyl (C=O) groups excluding carboxylic acids is 1. The minimum Gasteiger partial charge on any atom is -0.497 e. The zero-order chi connectivity index (χ0) is 17.8. The van der Waals surface area contributed by atoms with Gasteiger partial charge in [0.2, 0.25) is 0 Å². The summed E-state index contributed by atoms with van der Waals surface area (Å²) >= 11 is 1.52. The first-order chi connectivity index (χ1) is 12.1. The van der Waals surface area contributed by atoms with Crippen LogP contribution >= 0.6 is 11.8 Å². The number of carbonyl (C=O) groups is 1. The SMILES string of the molecule is COc1ccc(C(=O)Nc2ccc(Sc3nccn3C)cc2)c(F)c1. The van der Waals surface area contributed by atoms with Crippen molar-refractivity contribution in [1.29, 1.82) is 0 Å². The molecule has 0 radical (unpaired) electrons. The van der Waals surface area contributed by atoms with Gasteiger partial charge in [-0.25, -0.2) is 9.37 Å². The minimum absolute atomic E-state index is 0.0349. The molecule has 7 heteroatoms. The molecule has 0 unspecified atom stereocenters. The Kier molecular flexibility index (Phi) is 5.04. The van der Waals surface area contributed by atoms with E-state index in [1.807, 2.05) is 29.9 Å². The highest BCUT2D eigenvalue weighted by Gasteiger charge is 2.13. The number of rotatable bonds is 5. The van der Waals surface area contributed by atoms with Gasteiger partial charge in [-0.2, -0.15) is 0 Å². The van der Waals surface area contributed by atoms with E-state index >= 15 is 0 Å². The number of halogens is 1. The summed E-state index contributed by atoms with van der Waals surface area (Å²) in [4.78, 5) is 17.4. The summed E-state index contributed by atoms with van der Waals surface area (Å²) in [6, 6.07) is 11.4.